The number of fused-ring (bicyclic) bond motifs is 1. The first-order valence-electron chi connectivity index (χ1n) is 11.3. The Kier molecular flexibility index (Phi) is 7.04. The van der Waals surface area contributed by atoms with Crippen molar-refractivity contribution in [3.05, 3.63) is 60.4 Å². The number of carbonyl (C=O) groups excluding carboxylic acids is 2. The lowest BCUT2D eigenvalue weighted by molar-refractivity contribution is -0.133. The molecule has 1 saturated carbocycles. The van der Waals surface area contributed by atoms with Gasteiger partial charge in [0.15, 0.2) is 6.61 Å². The van der Waals surface area contributed by atoms with Gasteiger partial charge in [0.05, 0.1) is 17.6 Å². The van der Waals surface area contributed by atoms with Crippen molar-refractivity contribution in [2.75, 3.05) is 13.7 Å². The highest BCUT2D eigenvalue weighted by atomic mass is 16.5. The molecule has 0 radical (unpaired) electrons. The Hall–Kier alpha value is -3.35. The summed E-state index contributed by atoms with van der Waals surface area (Å²) >= 11 is 0. The molecular weight excluding hydrogens is 404 g/mol. The Morgan fingerprint density at radius 3 is 2.56 bits per heavy atom. The molecule has 1 aromatic heterocycles. The van der Waals surface area contributed by atoms with E-state index in [1.807, 2.05) is 59.0 Å². The van der Waals surface area contributed by atoms with Gasteiger partial charge in [-0.05, 0) is 37.1 Å². The average Bonchev–Trinajstić information content (AvgIpc) is 3.19. The second-order valence-corrected chi connectivity index (χ2v) is 8.28. The number of nitrogens with zero attached hydrogens (tertiary/aromatic N) is 3. The molecule has 1 N–H and O–H groups in total. The zero-order valence-electron chi connectivity index (χ0n) is 18.5. The number of likely N-dealkylation sites (N-methyl/N-ethyl adjacent to an activating group) is 1. The summed E-state index contributed by atoms with van der Waals surface area (Å²) in [6.07, 6.45) is 5.74. The van der Waals surface area contributed by atoms with Crippen LogP contribution in [-0.2, 0) is 22.7 Å². The lowest BCUT2D eigenvalue weighted by Crippen LogP contribution is -2.40. The fourth-order valence-electron chi connectivity index (χ4n) is 4.25. The Labute approximate surface area is 188 Å². The fourth-order valence-corrected chi connectivity index (χ4v) is 4.25. The summed E-state index contributed by atoms with van der Waals surface area (Å²) in [6, 6.07) is 17.3. The molecule has 0 unspecified atom stereocenters. The molecule has 0 saturated heterocycles. The fraction of sp³-hybridized carbons (Fsp3) is 0.400. The number of benzene rings is 2. The van der Waals surface area contributed by atoms with Crippen LogP contribution in [0, 0.1) is 0 Å². The van der Waals surface area contributed by atoms with Gasteiger partial charge in [0.2, 0.25) is 5.91 Å². The molecule has 7 nitrogen and oxygen atoms in total. The summed E-state index contributed by atoms with van der Waals surface area (Å²) in [5.74, 6) is 1.13. The van der Waals surface area contributed by atoms with Gasteiger partial charge >= 0.3 is 0 Å². The number of para-hydroxylation sites is 3. The summed E-state index contributed by atoms with van der Waals surface area (Å²) in [7, 11) is 1.90. The van der Waals surface area contributed by atoms with E-state index >= 15 is 0 Å². The summed E-state index contributed by atoms with van der Waals surface area (Å²) < 4.78 is 7.42. The van der Waals surface area contributed by atoms with E-state index in [2.05, 4.69) is 10.3 Å². The molecule has 2 amide bonds. The molecule has 1 aliphatic carbocycles. The number of carbonyl (C=O) groups is 2. The number of rotatable bonds is 8. The lowest BCUT2D eigenvalue weighted by atomic mass is 9.94. The molecule has 1 heterocycles. The second-order valence-electron chi connectivity index (χ2n) is 8.28. The highest BCUT2D eigenvalue weighted by Crippen LogP contribution is 2.23. The second kappa shape index (κ2) is 10.3. The topological polar surface area (TPSA) is 76.5 Å². The smallest absolute Gasteiger partial charge is 0.258 e. The van der Waals surface area contributed by atoms with Crippen molar-refractivity contribution in [1.82, 2.24) is 19.8 Å². The van der Waals surface area contributed by atoms with Crippen LogP contribution < -0.4 is 10.1 Å². The lowest BCUT2D eigenvalue weighted by Gasteiger charge is -2.31. The van der Waals surface area contributed by atoms with Crippen molar-refractivity contribution in [3.8, 4) is 5.75 Å². The first-order valence-corrected chi connectivity index (χ1v) is 11.3. The molecule has 0 aliphatic heterocycles. The zero-order valence-corrected chi connectivity index (χ0v) is 18.5. The van der Waals surface area contributed by atoms with Crippen molar-refractivity contribution in [2.45, 2.75) is 51.2 Å². The average molecular weight is 435 g/mol. The minimum Gasteiger partial charge on any atom is -0.484 e. The monoisotopic (exact) mass is 434 g/mol. The minimum atomic E-state index is -0.238. The number of hydrogen-bond acceptors (Lipinski definition) is 4. The van der Waals surface area contributed by atoms with Gasteiger partial charge in [-0.3, -0.25) is 9.59 Å². The molecule has 32 heavy (non-hydrogen) atoms. The maximum atomic E-state index is 13.1. The van der Waals surface area contributed by atoms with Gasteiger partial charge in [-0.2, -0.15) is 0 Å². The first-order chi connectivity index (χ1) is 15.6. The van der Waals surface area contributed by atoms with Gasteiger partial charge in [0, 0.05) is 13.1 Å². The molecule has 4 rings (SSSR count). The summed E-state index contributed by atoms with van der Waals surface area (Å²) in [5.41, 5.74) is 1.70. The van der Waals surface area contributed by atoms with Crippen LogP contribution in [0.3, 0.4) is 0 Å². The maximum Gasteiger partial charge on any atom is 0.258 e. The third-order valence-corrected chi connectivity index (χ3v) is 6.10. The standard InChI is InChI=1S/C25H30N4O3/c1-28(19-10-4-2-5-11-19)25(31)17-29-22-15-9-8-14-21(22)27-23(29)16-26-24(30)18-32-20-12-6-3-7-13-20/h3,6-9,12-15,19H,2,4-5,10-11,16-18H2,1H3,(H,26,30). The molecule has 0 atom stereocenters. The molecule has 168 valence electrons. The molecule has 7 heteroatoms. The maximum absolute atomic E-state index is 13.1. The van der Waals surface area contributed by atoms with Gasteiger partial charge in [-0.1, -0.05) is 49.6 Å². The van der Waals surface area contributed by atoms with Gasteiger partial charge < -0.3 is 19.5 Å². The van der Waals surface area contributed by atoms with Gasteiger partial charge in [0.1, 0.15) is 18.1 Å². The van der Waals surface area contributed by atoms with Crippen LogP contribution in [0.5, 0.6) is 5.75 Å². The van der Waals surface area contributed by atoms with E-state index in [0.29, 0.717) is 17.6 Å². The van der Waals surface area contributed by atoms with Crippen LogP contribution in [0.2, 0.25) is 0 Å². The van der Waals surface area contributed by atoms with E-state index < -0.39 is 0 Å². The highest BCUT2D eigenvalue weighted by Gasteiger charge is 2.23. The van der Waals surface area contributed by atoms with Gasteiger partial charge in [0.25, 0.3) is 5.91 Å². The Balaban J connectivity index is 1.42. The van der Waals surface area contributed by atoms with Crippen molar-refractivity contribution >= 4 is 22.8 Å². The Bertz CT molecular complexity index is 1060. The van der Waals surface area contributed by atoms with Crippen LogP contribution in [-0.4, -0.2) is 46.0 Å². The predicted molar refractivity (Wildman–Crippen MR) is 123 cm³/mol. The van der Waals surface area contributed by atoms with Crippen LogP contribution >= 0.6 is 0 Å². The summed E-state index contributed by atoms with van der Waals surface area (Å²) in [4.78, 5) is 31.9. The van der Waals surface area contributed by atoms with E-state index in [0.717, 1.165) is 23.9 Å². The number of ether oxygens (including phenoxy) is 1. The van der Waals surface area contributed by atoms with Crippen molar-refractivity contribution in [1.29, 1.82) is 0 Å². The normalized spacial score (nSPS) is 14.3. The quantitative estimate of drug-likeness (QED) is 0.589. The van der Waals surface area contributed by atoms with Crippen LogP contribution in [0.4, 0.5) is 0 Å². The van der Waals surface area contributed by atoms with Crippen LogP contribution in [0.1, 0.15) is 37.9 Å². The van der Waals surface area contributed by atoms with Crippen LogP contribution in [0.15, 0.2) is 54.6 Å². The summed E-state index contributed by atoms with van der Waals surface area (Å²) in [5, 5.41) is 2.86. The number of imidazole rings is 1. The Morgan fingerprint density at radius 1 is 1.06 bits per heavy atom. The molecular formula is C25H30N4O3. The van der Waals surface area contributed by atoms with E-state index in [9.17, 15) is 9.59 Å². The van der Waals surface area contributed by atoms with E-state index in [1.54, 1.807) is 12.1 Å². The third kappa shape index (κ3) is 5.28. The molecule has 1 aliphatic rings. The molecule has 0 spiro atoms. The van der Waals surface area contributed by atoms with Gasteiger partial charge in [-0.15, -0.1) is 0 Å². The van der Waals surface area contributed by atoms with E-state index in [1.165, 1.54) is 19.3 Å². The minimum absolute atomic E-state index is 0.0695. The Morgan fingerprint density at radius 2 is 1.78 bits per heavy atom. The third-order valence-electron chi connectivity index (χ3n) is 6.10. The summed E-state index contributed by atoms with van der Waals surface area (Å²) in [6.45, 7) is 0.360. The van der Waals surface area contributed by atoms with Crippen molar-refractivity contribution in [2.24, 2.45) is 0 Å². The van der Waals surface area contributed by atoms with E-state index in [-0.39, 0.29) is 31.5 Å². The predicted octanol–water partition coefficient (Wildman–Crippen LogP) is 3.52. The molecule has 2 aromatic carbocycles. The molecule has 0 bridgehead atoms. The van der Waals surface area contributed by atoms with Gasteiger partial charge in [-0.25, -0.2) is 4.98 Å². The SMILES string of the molecule is CN(C(=O)Cn1c(CNC(=O)COc2ccccc2)nc2ccccc21)C1CCCCC1. The largest absolute Gasteiger partial charge is 0.484 e. The molecule has 3 aromatic rings. The highest BCUT2D eigenvalue weighted by molar-refractivity contribution is 5.81. The van der Waals surface area contributed by atoms with Crippen molar-refractivity contribution < 1.29 is 14.3 Å². The zero-order chi connectivity index (χ0) is 22.3. The van der Waals surface area contributed by atoms with Crippen LogP contribution in [0.25, 0.3) is 11.0 Å². The van der Waals surface area contributed by atoms with E-state index in [4.69, 9.17) is 4.74 Å². The number of amides is 2. The number of aromatic nitrogens is 2. The first kappa shape index (κ1) is 21.9. The van der Waals surface area contributed by atoms with Crippen molar-refractivity contribution in [3.63, 3.8) is 0 Å². The molecule has 1 fully saturated rings. The number of hydrogen-bond donors (Lipinski definition) is 1. The number of nitrogens with one attached hydrogen (secondary N) is 1.